The summed E-state index contributed by atoms with van der Waals surface area (Å²) in [5.41, 5.74) is 1.08. The summed E-state index contributed by atoms with van der Waals surface area (Å²) in [6.07, 6.45) is 4.05. The van der Waals surface area contributed by atoms with E-state index in [1.807, 2.05) is 6.07 Å². The third-order valence-corrected chi connectivity index (χ3v) is 8.53. The predicted molar refractivity (Wildman–Crippen MR) is 118 cm³/mol. The van der Waals surface area contributed by atoms with Crippen molar-refractivity contribution < 1.29 is 28.8 Å². The van der Waals surface area contributed by atoms with Crippen molar-refractivity contribution in [2.75, 3.05) is 33.5 Å². The Morgan fingerprint density at radius 2 is 2.06 bits per heavy atom. The topological polar surface area (TPSA) is 86.3 Å². The second-order valence-electron chi connectivity index (χ2n) is 10.4. The minimum absolute atomic E-state index is 0.000414. The molecular weight excluding hydrogens is 410 g/mol. The SMILES string of the molecule is COc1cc([C@H]2OCCC34C[C@@H](C[C@H]23)C(C)(C)[C@@H]4NC(=O)CCO)cc2c1OCCCO2. The van der Waals surface area contributed by atoms with Crippen LogP contribution < -0.4 is 19.5 Å². The molecule has 2 N–H and O–H groups in total. The molecule has 0 aromatic heterocycles. The Morgan fingerprint density at radius 3 is 2.84 bits per heavy atom. The summed E-state index contributed by atoms with van der Waals surface area (Å²) in [6, 6.07) is 4.17. The van der Waals surface area contributed by atoms with E-state index in [0.29, 0.717) is 43.2 Å². The first-order valence-corrected chi connectivity index (χ1v) is 11.9. The summed E-state index contributed by atoms with van der Waals surface area (Å²) in [6.45, 7) is 6.34. The third kappa shape index (κ3) is 3.27. The van der Waals surface area contributed by atoms with Crippen LogP contribution in [0.25, 0.3) is 0 Å². The Morgan fingerprint density at radius 1 is 1.25 bits per heavy atom. The van der Waals surface area contributed by atoms with Crippen molar-refractivity contribution in [2.24, 2.45) is 22.7 Å². The Hall–Kier alpha value is -1.99. The van der Waals surface area contributed by atoms with Crippen molar-refractivity contribution in [2.45, 2.75) is 58.1 Å². The van der Waals surface area contributed by atoms with Crippen LogP contribution in [-0.2, 0) is 9.53 Å². The van der Waals surface area contributed by atoms with Gasteiger partial charge in [-0.15, -0.1) is 0 Å². The van der Waals surface area contributed by atoms with Gasteiger partial charge in [-0.25, -0.2) is 0 Å². The molecule has 2 aliphatic heterocycles. The molecule has 32 heavy (non-hydrogen) atoms. The Kier molecular flexibility index (Phi) is 5.53. The van der Waals surface area contributed by atoms with Crippen LogP contribution in [0.3, 0.4) is 0 Å². The number of hydrogen-bond donors (Lipinski definition) is 2. The molecule has 7 nitrogen and oxygen atoms in total. The van der Waals surface area contributed by atoms with Gasteiger partial charge < -0.3 is 29.4 Å². The maximum Gasteiger partial charge on any atom is 0.222 e. The van der Waals surface area contributed by atoms with Gasteiger partial charge in [-0.2, -0.15) is 0 Å². The molecule has 4 aliphatic rings. The maximum absolute atomic E-state index is 12.5. The fourth-order valence-corrected chi connectivity index (χ4v) is 7.03. The first-order chi connectivity index (χ1) is 15.4. The highest BCUT2D eigenvalue weighted by Crippen LogP contribution is 2.70. The molecule has 5 rings (SSSR count). The number of benzene rings is 1. The average Bonchev–Trinajstić information content (AvgIpc) is 3.13. The molecule has 2 heterocycles. The summed E-state index contributed by atoms with van der Waals surface area (Å²) < 4.78 is 24.0. The summed E-state index contributed by atoms with van der Waals surface area (Å²) in [5.74, 6) is 2.84. The van der Waals surface area contributed by atoms with Gasteiger partial charge in [0.15, 0.2) is 11.5 Å². The fourth-order valence-electron chi connectivity index (χ4n) is 7.03. The molecule has 1 amide bonds. The average molecular weight is 446 g/mol. The van der Waals surface area contributed by atoms with E-state index in [1.54, 1.807) is 7.11 Å². The van der Waals surface area contributed by atoms with Crippen LogP contribution >= 0.6 is 0 Å². The van der Waals surface area contributed by atoms with E-state index < -0.39 is 0 Å². The van der Waals surface area contributed by atoms with Crippen LogP contribution in [-0.4, -0.2) is 50.6 Å². The zero-order chi connectivity index (χ0) is 22.5. The molecule has 0 radical (unpaired) electrons. The summed E-state index contributed by atoms with van der Waals surface area (Å²) in [7, 11) is 1.66. The van der Waals surface area contributed by atoms with Gasteiger partial charge in [0.2, 0.25) is 11.7 Å². The molecule has 5 atom stereocenters. The van der Waals surface area contributed by atoms with Crippen LogP contribution in [0.4, 0.5) is 0 Å². The first-order valence-electron chi connectivity index (χ1n) is 11.9. The highest BCUT2D eigenvalue weighted by Gasteiger charge is 2.68. The van der Waals surface area contributed by atoms with Crippen molar-refractivity contribution in [1.29, 1.82) is 0 Å². The van der Waals surface area contributed by atoms with E-state index in [-0.39, 0.29) is 41.9 Å². The van der Waals surface area contributed by atoms with Crippen LogP contribution in [0.1, 0.15) is 57.6 Å². The highest BCUT2D eigenvalue weighted by molar-refractivity contribution is 5.76. The molecule has 1 unspecified atom stereocenters. The van der Waals surface area contributed by atoms with Gasteiger partial charge in [0.1, 0.15) is 0 Å². The summed E-state index contributed by atoms with van der Waals surface area (Å²) >= 11 is 0. The minimum atomic E-state index is -0.123. The highest BCUT2D eigenvalue weighted by atomic mass is 16.5. The fraction of sp³-hybridized carbons (Fsp3) is 0.720. The largest absolute Gasteiger partial charge is 0.493 e. The van der Waals surface area contributed by atoms with Gasteiger partial charge in [0.05, 0.1) is 33.0 Å². The van der Waals surface area contributed by atoms with E-state index in [4.69, 9.17) is 18.9 Å². The molecule has 2 aliphatic carbocycles. The Bertz CT molecular complexity index is 885. The number of hydrogen-bond acceptors (Lipinski definition) is 6. The lowest BCUT2D eigenvalue weighted by Gasteiger charge is -2.53. The standard InChI is InChI=1S/C25H35NO6/c1-24(2)16-13-17-21(15-11-18(29-3)22-19(12-15)30-8-4-9-31-22)32-10-6-25(17,14-16)23(24)26-20(28)5-7-27/h11-12,16-17,21,23,27H,4-10,13-14H2,1-3H3,(H,26,28)/t16-,17-,21-,23+,25?/m1/s1. The quantitative estimate of drug-likeness (QED) is 0.724. The lowest BCUT2D eigenvalue weighted by Crippen LogP contribution is -2.59. The molecule has 1 aromatic rings. The monoisotopic (exact) mass is 445 g/mol. The van der Waals surface area contributed by atoms with Crippen molar-refractivity contribution in [3.05, 3.63) is 17.7 Å². The molecule has 176 valence electrons. The van der Waals surface area contributed by atoms with Crippen LogP contribution in [0.15, 0.2) is 12.1 Å². The van der Waals surface area contributed by atoms with E-state index in [1.165, 1.54) is 0 Å². The van der Waals surface area contributed by atoms with Gasteiger partial charge in [-0.05, 0) is 59.6 Å². The number of aliphatic hydroxyl groups excluding tert-OH is 1. The number of ether oxygens (including phenoxy) is 4. The Labute approximate surface area is 189 Å². The van der Waals surface area contributed by atoms with Crippen molar-refractivity contribution in [1.82, 2.24) is 5.32 Å². The summed E-state index contributed by atoms with van der Waals surface area (Å²) in [5, 5.41) is 12.6. The number of aliphatic hydroxyl groups is 1. The number of amides is 1. The zero-order valence-corrected chi connectivity index (χ0v) is 19.3. The molecule has 7 heteroatoms. The maximum atomic E-state index is 12.5. The van der Waals surface area contributed by atoms with Gasteiger partial charge in [0, 0.05) is 25.5 Å². The van der Waals surface area contributed by atoms with Gasteiger partial charge in [0.25, 0.3) is 0 Å². The van der Waals surface area contributed by atoms with Crippen LogP contribution in [0, 0.1) is 22.7 Å². The lowest BCUT2D eigenvalue weighted by atomic mass is 9.58. The lowest BCUT2D eigenvalue weighted by molar-refractivity contribution is -0.137. The second kappa shape index (κ2) is 8.10. The molecule has 1 spiro atoms. The Balaban J connectivity index is 1.50. The van der Waals surface area contributed by atoms with E-state index in [9.17, 15) is 9.90 Å². The van der Waals surface area contributed by atoms with E-state index in [0.717, 1.165) is 37.0 Å². The van der Waals surface area contributed by atoms with Crippen molar-refractivity contribution in [3.63, 3.8) is 0 Å². The van der Waals surface area contributed by atoms with Gasteiger partial charge >= 0.3 is 0 Å². The van der Waals surface area contributed by atoms with Crippen molar-refractivity contribution in [3.8, 4) is 17.2 Å². The third-order valence-electron chi connectivity index (χ3n) is 8.53. The molecular formula is C25H35NO6. The number of carbonyl (C=O) groups is 1. The van der Waals surface area contributed by atoms with Gasteiger partial charge in [-0.1, -0.05) is 13.8 Å². The number of methoxy groups -OCH3 is 1. The minimum Gasteiger partial charge on any atom is -0.493 e. The van der Waals surface area contributed by atoms with E-state index >= 15 is 0 Å². The molecule has 2 saturated carbocycles. The zero-order valence-electron chi connectivity index (χ0n) is 19.3. The molecule has 2 bridgehead atoms. The van der Waals surface area contributed by atoms with Crippen molar-refractivity contribution >= 4 is 5.91 Å². The van der Waals surface area contributed by atoms with Crippen LogP contribution in [0.5, 0.6) is 17.2 Å². The van der Waals surface area contributed by atoms with E-state index in [2.05, 4.69) is 25.2 Å². The number of rotatable bonds is 5. The van der Waals surface area contributed by atoms with Crippen LogP contribution in [0.2, 0.25) is 0 Å². The predicted octanol–water partition coefficient (Wildman–Crippen LogP) is 3.24. The number of carbonyl (C=O) groups excluding carboxylic acids is 1. The summed E-state index contributed by atoms with van der Waals surface area (Å²) in [4.78, 5) is 12.5. The molecule has 1 aromatic carbocycles. The smallest absolute Gasteiger partial charge is 0.222 e. The van der Waals surface area contributed by atoms with Gasteiger partial charge in [-0.3, -0.25) is 4.79 Å². The molecule has 3 fully saturated rings. The second-order valence-corrected chi connectivity index (χ2v) is 10.4. The first kappa shape index (κ1) is 21.8. The molecule has 1 saturated heterocycles. The normalized spacial score (nSPS) is 34.5. The number of nitrogens with one attached hydrogen (secondary N) is 1. The number of fused-ring (bicyclic) bond motifs is 2.